The second-order valence-electron chi connectivity index (χ2n) is 4.29. The highest BCUT2D eigenvalue weighted by Gasteiger charge is 2.03. The fourth-order valence-corrected chi connectivity index (χ4v) is 1.78. The first-order valence-electron chi connectivity index (χ1n) is 6.37. The van der Waals surface area contributed by atoms with Crippen molar-refractivity contribution in [3.8, 4) is 11.3 Å². The molecular formula is C16H12FN3O. The molecule has 5 heteroatoms. The van der Waals surface area contributed by atoms with Gasteiger partial charge in [-0.15, -0.1) is 0 Å². The first-order valence-corrected chi connectivity index (χ1v) is 6.37. The zero-order valence-electron chi connectivity index (χ0n) is 11.0. The molecule has 0 amide bonds. The van der Waals surface area contributed by atoms with Crippen LogP contribution < -0.4 is 5.43 Å². The Balaban J connectivity index is 1.69. The maximum Gasteiger partial charge on any atom is 0.147 e. The van der Waals surface area contributed by atoms with Gasteiger partial charge < -0.3 is 4.42 Å². The number of anilines is 1. The molecule has 0 aliphatic carbocycles. The van der Waals surface area contributed by atoms with E-state index in [1.165, 1.54) is 12.1 Å². The monoisotopic (exact) mass is 281 g/mol. The van der Waals surface area contributed by atoms with Crippen molar-refractivity contribution in [3.63, 3.8) is 0 Å². The lowest BCUT2D eigenvalue weighted by Gasteiger charge is -1.97. The van der Waals surface area contributed by atoms with Gasteiger partial charge in [-0.25, -0.2) is 9.37 Å². The summed E-state index contributed by atoms with van der Waals surface area (Å²) in [6, 6.07) is 15.2. The van der Waals surface area contributed by atoms with E-state index in [9.17, 15) is 4.39 Å². The molecule has 0 bridgehead atoms. The van der Waals surface area contributed by atoms with Gasteiger partial charge in [-0.2, -0.15) is 5.10 Å². The lowest BCUT2D eigenvalue weighted by molar-refractivity contribution is 0.574. The molecule has 104 valence electrons. The van der Waals surface area contributed by atoms with Crippen LogP contribution in [0.25, 0.3) is 11.3 Å². The molecule has 0 aliphatic rings. The van der Waals surface area contributed by atoms with Crippen LogP contribution in [0.3, 0.4) is 0 Å². The van der Waals surface area contributed by atoms with Crippen molar-refractivity contribution in [2.24, 2.45) is 5.10 Å². The molecule has 1 aromatic carbocycles. The van der Waals surface area contributed by atoms with Gasteiger partial charge >= 0.3 is 0 Å². The molecule has 0 atom stereocenters. The van der Waals surface area contributed by atoms with E-state index in [-0.39, 0.29) is 5.82 Å². The van der Waals surface area contributed by atoms with Crippen LogP contribution in [0.2, 0.25) is 0 Å². The lowest BCUT2D eigenvalue weighted by atomic mass is 10.2. The Labute approximate surface area is 121 Å². The summed E-state index contributed by atoms with van der Waals surface area (Å²) in [5.74, 6) is 1.64. The molecule has 21 heavy (non-hydrogen) atoms. The van der Waals surface area contributed by atoms with E-state index in [1.807, 2.05) is 24.3 Å². The third-order valence-corrected chi connectivity index (χ3v) is 2.79. The summed E-state index contributed by atoms with van der Waals surface area (Å²) in [5.41, 5.74) is 3.61. The van der Waals surface area contributed by atoms with Crippen LogP contribution in [-0.2, 0) is 0 Å². The number of aromatic nitrogens is 1. The summed E-state index contributed by atoms with van der Waals surface area (Å²) in [6.07, 6.45) is 3.24. The minimum absolute atomic E-state index is 0.272. The van der Waals surface area contributed by atoms with E-state index in [0.29, 0.717) is 17.3 Å². The second-order valence-corrected chi connectivity index (χ2v) is 4.29. The van der Waals surface area contributed by atoms with E-state index < -0.39 is 0 Å². The Morgan fingerprint density at radius 3 is 2.67 bits per heavy atom. The van der Waals surface area contributed by atoms with Crippen molar-refractivity contribution < 1.29 is 8.81 Å². The quantitative estimate of drug-likeness (QED) is 0.582. The Kier molecular flexibility index (Phi) is 3.73. The summed E-state index contributed by atoms with van der Waals surface area (Å²) in [4.78, 5) is 4.08. The van der Waals surface area contributed by atoms with Crippen molar-refractivity contribution in [2.75, 3.05) is 5.43 Å². The van der Waals surface area contributed by atoms with E-state index in [0.717, 1.165) is 5.56 Å². The van der Waals surface area contributed by atoms with Gasteiger partial charge in [0.1, 0.15) is 23.2 Å². The predicted octanol–water partition coefficient (Wildman–Crippen LogP) is 3.93. The van der Waals surface area contributed by atoms with Crippen molar-refractivity contribution >= 4 is 12.0 Å². The molecule has 3 aromatic rings. The van der Waals surface area contributed by atoms with Gasteiger partial charge in [-0.1, -0.05) is 6.07 Å². The maximum absolute atomic E-state index is 12.9. The largest absolute Gasteiger partial charge is 0.455 e. The predicted molar refractivity (Wildman–Crippen MR) is 79.6 cm³/mol. The van der Waals surface area contributed by atoms with Gasteiger partial charge in [0.15, 0.2) is 0 Å². The summed E-state index contributed by atoms with van der Waals surface area (Å²) in [6.45, 7) is 0. The van der Waals surface area contributed by atoms with Gasteiger partial charge in [-0.05, 0) is 48.5 Å². The molecule has 0 aliphatic heterocycles. The first kappa shape index (κ1) is 13.1. The number of furan rings is 1. The van der Waals surface area contributed by atoms with Gasteiger partial charge in [0.2, 0.25) is 0 Å². The number of halogens is 1. The maximum atomic E-state index is 12.9. The smallest absolute Gasteiger partial charge is 0.147 e. The zero-order chi connectivity index (χ0) is 14.5. The molecule has 4 nitrogen and oxygen atoms in total. The summed E-state index contributed by atoms with van der Waals surface area (Å²) in [5, 5.41) is 4.04. The molecular weight excluding hydrogens is 269 g/mol. The van der Waals surface area contributed by atoms with Crippen LogP contribution in [-0.4, -0.2) is 11.2 Å². The normalized spacial score (nSPS) is 10.9. The Morgan fingerprint density at radius 1 is 1.05 bits per heavy atom. The molecule has 2 heterocycles. The number of rotatable bonds is 4. The molecule has 0 unspecified atom stereocenters. The zero-order valence-corrected chi connectivity index (χ0v) is 11.0. The number of hydrogen-bond donors (Lipinski definition) is 1. The van der Waals surface area contributed by atoms with E-state index in [2.05, 4.69) is 15.5 Å². The fraction of sp³-hybridized carbons (Fsp3) is 0. The molecule has 3 rings (SSSR count). The summed E-state index contributed by atoms with van der Waals surface area (Å²) < 4.78 is 18.5. The molecule has 0 saturated carbocycles. The fourth-order valence-electron chi connectivity index (χ4n) is 1.78. The van der Waals surface area contributed by atoms with Crippen LogP contribution >= 0.6 is 0 Å². The van der Waals surface area contributed by atoms with Crippen LogP contribution in [0, 0.1) is 5.82 Å². The van der Waals surface area contributed by atoms with Crippen LogP contribution in [0.5, 0.6) is 0 Å². The van der Waals surface area contributed by atoms with Crippen LogP contribution in [0.15, 0.2) is 70.3 Å². The molecule has 0 fully saturated rings. The minimum atomic E-state index is -0.272. The average Bonchev–Trinajstić information content (AvgIpc) is 2.98. The standard InChI is InChI=1S/C16H12FN3O/c17-13-6-4-12(5-7-13)15-9-8-14(21-15)11-19-20-16-3-1-2-10-18-16/h1-11H,(H,18,20)/b19-11+. The van der Waals surface area contributed by atoms with E-state index in [4.69, 9.17) is 4.42 Å². The number of nitrogens with zero attached hydrogens (tertiary/aromatic N) is 2. The number of nitrogens with one attached hydrogen (secondary N) is 1. The number of pyridine rings is 1. The van der Waals surface area contributed by atoms with Gasteiger partial charge in [0.05, 0.1) is 6.21 Å². The number of benzene rings is 1. The van der Waals surface area contributed by atoms with Gasteiger partial charge in [0, 0.05) is 11.8 Å². The van der Waals surface area contributed by atoms with E-state index >= 15 is 0 Å². The highest BCUT2D eigenvalue weighted by Crippen LogP contribution is 2.21. The van der Waals surface area contributed by atoms with E-state index in [1.54, 1.807) is 30.6 Å². The molecule has 0 saturated heterocycles. The highest BCUT2D eigenvalue weighted by atomic mass is 19.1. The van der Waals surface area contributed by atoms with Gasteiger partial charge in [0.25, 0.3) is 0 Å². The SMILES string of the molecule is Fc1ccc(-c2ccc(/C=N/Nc3ccccn3)o2)cc1. The third-order valence-electron chi connectivity index (χ3n) is 2.79. The highest BCUT2D eigenvalue weighted by molar-refractivity contribution is 5.78. The Morgan fingerprint density at radius 2 is 1.90 bits per heavy atom. The molecule has 1 N–H and O–H groups in total. The number of hydrazone groups is 1. The Bertz CT molecular complexity index is 736. The van der Waals surface area contributed by atoms with Crippen molar-refractivity contribution in [1.29, 1.82) is 0 Å². The lowest BCUT2D eigenvalue weighted by Crippen LogP contribution is -1.91. The topological polar surface area (TPSA) is 50.4 Å². The number of hydrogen-bond acceptors (Lipinski definition) is 4. The summed E-state index contributed by atoms with van der Waals surface area (Å²) >= 11 is 0. The van der Waals surface area contributed by atoms with Crippen molar-refractivity contribution in [3.05, 3.63) is 72.4 Å². The Hall–Kier alpha value is -2.95. The third kappa shape index (κ3) is 3.33. The van der Waals surface area contributed by atoms with Crippen molar-refractivity contribution in [1.82, 2.24) is 4.98 Å². The molecule has 2 aromatic heterocycles. The van der Waals surface area contributed by atoms with Crippen molar-refractivity contribution in [2.45, 2.75) is 0 Å². The second kappa shape index (κ2) is 6.00. The van der Waals surface area contributed by atoms with Crippen LogP contribution in [0.4, 0.5) is 10.2 Å². The first-order chi connectivity index (χ1) is 10.3. The molecule has 0 radical (unpaired) electrons. The molecule has 0 spiro atoms. The van der Waals surface area contributed by atoms with Crippen LogP contribution in [0.1, 0.15) is 5.76 Å². The average molecular weight is 281 g/mol. The minimum Gasteiger partial charge on any atom is -0.455 e. The van der Waals surface area contributed by atoms with Gasteiger partial charge in [-0.3, -0.25) is 5.43 Å². The summed E-state index contributed by atoms with van der Waals surface area (Å²) in [7, 11) is 0.